The molecule has 2 aromatic heterocycles. The summed E-state index contributed by atoms with van der Waals surface area (Å²) in [4.78, 5) is 39.9. The van der Waals surface area contributed by atoms with Gasteiger partial charge in [0.05, 0.1) is 12.0 Å². The lowest BCUT2D eigenvalue weighted by Gasteiger charge is -2.21. The number of hydrogen-bond donors (Lipinski definition) is 2. The number of carboxylic acid groups (broad SMARTS) is 2. The van der Waals surface area contributed by atoms with Crippen molar-refractivity contribution >= 4 is 29.2 Å². The Hall–Kier alpha value is -3.40. The van der Waals surface area contributed by atoms with Gasteiger partial charge >= 0.3 is 24.3 Å². The highest BCUT2D eigenvalue weighted by atomic mass is 32.1. The van der Waals surface area contributed by atoms with Gasteiger partial charge in [0.1, 0.15) is 0 Å². The van der Waals surface area contributed by atoms with Crippen LogP contribution in [0.2, 0.25) is 0 Å². The van der Waals surface area contributed by atoms with Gasteiger partial charge < -0.3 is 19.8 Å². The van der Waals surface area contributed by atoms with E-state index in [9.17, 15) is 31.1 Å². The van der Waals surface area contributed by atoms with Crippen LogP contribution in [0.3, 0.4) is 0 Å². The summed E-state index contributed by atoms with van der Waals surface area (Å²) in [5, 5.41) is 16.2. The molecule has 0 aliphatic carbocycles. The fourth-order valence-corrected chi connectivity index (χ4v) is 4.60. The molecule has 9 nitrogen and oxygen atoms in total. The van der Waals surface area contributed by atoms with Crippen LogP contribution in [0.5, 0.6) is 5.88 Å². The molecule has 210 valence electrons. The first-order chi connectivity index (χ1) is 17.6. The van der Waals surface area contributed by atoms with E-state index >= 15 is 0 Å². The van der Waals surface area contributed by atoms with Crippen molar-refractivity contribution < 1.29 is 55.7 Å². The van der Waals surface area contributed by atoms with E-state index in [4.69, 9.17) is 24.5 Å². The molecule has 2 fully saturated rings. The molecule has 0 unspecified atom stereocenters. The quantitative estimate of drug-likeness (QED) is 0.534. The molecule has 16 heteroatoms. The van der Waals surface area contributed by atoms with Gasteiger partial charge in [-0.05, 0) is 29.3 Å². The topological polar surface area (TPSA) is 120 Å². The number of nitrogens with zero attached hydrogens (tertiary/aromatic N) is 3. The number of ether oxygens (including phenoxy) is 1. The minimum absolute atomic E-state index is 0.194. The Morgan fingerprint density at radius 2 is 1.50 bits per heavy atom. The lowest BCUT2D eigenvalue weighted by molar-refractivity contribution is -0.193. The van der Waals surface area contributed by atoms with Crippen LogP contribution in [0.4, 0.5) is 26.3 Å². The summed E-state index contributed by atoms with van der Waals surface area (Å²) in [5.74, 6) is -3.45. The van der Waals surface area contributed by atoms with Gasteiger partial charge in [-0.3, -0.25) is 9.69 Å². The number of thiophene rings is 1. The van der Waals surface area contributed by atoms with E-state index in [1.165, 1.54) is 11.3 Å². The Bertz CT molecular complexity index is 1060. The van der Waals surface area contributed by atoms with Crippen molar-refractivity contribution in [1.29, 1.82) is 0 Å². The summed E-state index contributed by atoms with van der Waals surface area (Å²) >= 11 is 1.53. The van der Waals surface area contributed by atoms with Gasteiger partial charge in [0.15, 0.2) is 0 Å². The molecule has 2 aromatic rings. The van der Waals surface area contributed by atoms with Crippen LogP contribution in [-0.2, 0) is 16.1 Å². The average molecular weight is 571 g/mol. The predicted octanol–water partition coefficient (Wildman–Crippen LogP) is 3.62. The average Bonchev–Trinajstić information content (AvgIpc) is 3.56. The Morgan fingerprint density at radius 1 is 0.974 bits per heavy atom. The molecule has 0 aromatic carbocycles. The summed E-state index contributed by atoms with van der Waals surface area (Å²) in [5.41, 5.74) is 1.13. The lowest BCUT2D eigenvalue weighted by Crippen LogP contribution is -2.32. The number of likely N-dealkylation sites (tertiary alicyclic amines) is 2. The molecular formula is C22H23F6N3O6S. The fraction of sp³-hybridized carbons (Fsp3) is 0.455. The van der Waals surface area contributed by atoms with Crippen molar-refractivity contribution in [2.75, 3.05) is 33.3 Å². The Kier molecular flexibility index (Phi) is 10.5. The number of carboxylic acids is 2. The van der Waals surface area contributed by atoms with Crippen molar-refractivity contribution in [2.24, 2.45) is 11.8 Å². The minimum Gasteiger partial charge on any atom is -0.481 e. The van der Waals surface area contributed by atoms with Gasteiger partial charge in [-0.2, -0.15) is 26.3 Å². The van der Waals surface area contributed by atoms with Gasteiger partial charge in [0, 0.05) is 44.5 Å². The number of rotatable bonds is 4. The maximum absolute atomic E-state index is 12.5. The van der Waals surface area contributed by atoms with Crippen molar-refractivity contribution in [1.82, 2.24) is 14.8 Å². The number of hydrogen-bond acceptors (Lipinski definition) is 7. The van der Waals surface area contributed by atoms with Crippen molar-refractivity contribution in [2.45, 2.75) is 18.9 Å². The van der Waals surface area contributed by atoms with Gasteiger partial charge in [-0.1, -0.05) is 12.1 Å². The fourth-order valence-electron chi connectivity index (χ4n) is 3.91. The standard InChI is InChI=1S/C18H21N3O2S.2C2HF3O2/c1-23-17-13(4-2-6-19-17)8-20-9-14-11-21(12-15(14)10-20)18(22)16-5-3-7-24-16;2*3-2(4,5)1(6)7/h2-7,14-15H,8-12H2,1H3;2*(H,6,7)/t14-,15+;;. The van der Waals surface area contributed by atoms with Crippen LogP contribution in [0.25, 0.3) is 0 Å². The smallest absolute Gasteiger partial charge is 0.481 e. The molecule has 2 aliphatic rings. The van der Waals surface area contributed by atoms with E-state index in [1.807, 2.05) is 28.5 Å². The molecule has 2 N–H and O–H groups in total. The molecular weight excluding hydrogens is 548 g/mol. The number of carbonyl (C=O) groups excluding carboxylic acids is 1. The molecule has 4 heterocycles. The Morgan fingerprint density at radius 3 is 1.92 bits per heavy atom. The van der Waals surface area contributed by atoms with Crippen molar-refractivity contribution in [3.63, 3.8) is 0 Å². The third-order valence-electron chi connectivity index (χ3n) is 5.50. The van der Waals surface area contributed by atoms with E-state index in [1.54, 1.807) is 13.3 Å². The number of fused-ring (bicyclic) bond motifs is 1. The van der Waals surface area contributed by atoms with E-state index < -0.39 is 24.3 Å². The zero-order valence-corrected chi connectivity index (χ0v) is 20.5. The second kappa shape index (κ2) is 12.9. The normalized spacial score (nSPS) is 19.0. The van der Waals surface area contributed by atoms with Crippen LogP contribution < -0.4 is 4.74 Å². The molecule has 2 aliphatic heterocycles. The van der Waals surface area contributed by atoms with Gasteiger partial charge in [0.25, 0.3) is 5.91 Å². The molecule has 4 rings (SSSR count). The van der Waals surface area contributed by atoms with Gasteiger partial charge in [0.2, 0.25) is 5.88 Å². The molecule has 0 bridgehead atoms. The van der Waals surface area contributed by atoms with Crippen LogP contribution >= 0.6 is 11.3 Å². The highest BCUT2D eigenvalue weighted by molar-refractivity contribution is 7.12. The third kappa shape index (κ3) is 8.86. The molecule has 2 atom stereocenters. The summed E-state index contributed by atoms with van der Waals surface area (Å²) in [6, 6.07) is 7.89. The van der Waals surface area contributed by atoms with E-state index in [0.717, 1.165) is 43.2 Å². The first kappa shape index (κ1) is 30.8. The number of amides is 1. The minimum atomic E-state index is -5.08. The highest BCUT2D eigenvalue weighted by Gasteiger charge is 2.42. The molecule has 2 saturated heterocycles. The zero-order valence-electron chi connectivity index (χ0n) is 19.7. The molecule has 0 radical (unpaired) electrons. The largest absolute Gasteiger partial charge is 0.490 e. The third-order valence-corrected chi connectivity index (χ3v) is 6.36. The lowest BCUT2D eigenvalue weighted by atomic mass is 10.0. The number of aliphatic carboxylic acids is 2. The van der Waals surface area contributed by atoms with Crippen LogP contribution in [0.15, 0.2) is 35.8 Å². The highest BCUT2D eigenvalue weighted by Crippen LogP contribution is 2.33. The summed E-state index contributed by atoms with van der Waals surface area (Å²) < 4.78 is 68.8. The second-order valence-corrected chi connectivity index (χ2v) is 9.13. The molecule has 1 amide bonds. The van der Waals surface area contributed by atoms with E-state index in [-0.39, 0.29) is 5.91 Å². The Balaban J connectivity index is 0.000000301. The number of pyridine rings is 1. The SMILES string of the molecule is COc1ncccc1CN1C[C@@H]2CN(C(=O)c3cccs3)C[C@@H]2C1.O=C(O)C(F)(F)F.O=C(O)C(F)(F)F. The van der Waals surface area contributed by atoms with Gasteiger partial charge in [-0.25, -0.2) is 14.6 Å². The number of halogens is 6. The van der Waals surface area contributed by atoms with Crippen LogP contribution in [0, 0.1) is 11.8 Å². The number of alkyl halides is 6. The summed E-state index contributed by atoms with van der Waals surface area (Å²) in [6.07, 6.45) is -8.41. The predicted molar refractivity (Wildman–Crippen MR) is 121 cm³/mol. The van der Waals surface area contributed by atoms with Crippen molar-refractivity contribution in [3.8, 4) is 5.88 Å². The molecule has 38 heavy (non-hydrogen) atoms. The molecule has 0 spiro atoms. The zero-order chi connectivity index (χ0) is 28.7. The first-order valence-electron chi connectivity index (χ1n) is 10.8. The summed E-state index contributed by atoms with van der Waals surface area (Å²) in [7, 11) is 1.67. The van der Waals surface area contributed by atoms with Gasteiger partial charge in [-0.15, -0.1) is 11.3 Å². The Labute approximate surface area is 216 Å². The number of aromatic nitrogens is 1. The van der Waals surface area contributed by atoms with E-state index in [2.05, 4.69) is 16.0 Å². The maximum atomic E-state index is 12.5. The first-order valence-corrected chi connectivity index (χ1v) is 11.6. The second-order valence-electron chi connectivity index (χ2n) is 8.18. The van der Waals surface area contributed by atoms with Crippen LogP contribution in [-0.4, -0.2) is 88.5 Å². The van der Waals surface area contributed by atoms with Crippen molar-refractivity contribution in [3.05, 3.63) is 46.3 Å². The van der Waals surface area contributed by atoms with E-state index in [0.29, 0.717) is 17.7 Å². The van der Waals surface area contributed by atoms with Crippen LogP contribution in [0.1, 0.15) is 15.2 Å². The number of carbonyl (C=O) groups is 3. The number of methoxy groups -OCH3 is 1. The monoisotopic (exact) mass is 571 g/mol. The summed E-state index contributed by atoms with van der Waals surface area (Å²) in [6.45, 7) is 4.70. The maximum Gasteiger partial charge on any atom is 0.490 e. The molecule has 0 saturated carbocycles.